The molecule has 0 spiro atoms. The summed E-state index contributed by atoms with van der Waals surface area (Å²) in [7, 11) is 1.66. The SMILES string of the molecule is C[C@@H](O)CCN(C)C(=O)OC(C)(C)C. The fraction of sp³-hybridized carbons (Fsp3) is 0.900. The first-order valence-electron chi connectivity index (χ1n) is 4.84. The quantitative estimate of drug-likeness (QED) is 0.758. The van der Waals surface area contributed by atoms with Crippen LogP contribution in [0.5, 0.6) is 0 Å². The van der Waals surface area contributed by atoms with E-state index in [0.29, 0.717) is 13.0 Å². The molecule has 0 aromatic rings. The first kappa shape index (κ1) is 13.2. The number of ether oxygens (including phenoxy) is 1. The van der Waals surface area contributed by atoms with Gasteiger partial charge in [0.2, 0.25) is 0 Å². The van der Waals surface area contributed by atoms with Gasteiger partial charge in [0.05, 0.1) is 6.10 Å². The number of hydrogen-bond acceptors (Lipinski definition) is 3. The Hall–Kier alpha value is -0.770. The van der Waals surface area contributed by atoms with Gasteiger partial charge in [-0.3, -0.25) is 0 Å². The molecule has 0 saturated heterocycles. The molecule has 84 valence electrons. The predicted octanol–water partition coefficient (Wildman–Crippen LogP) is 1.62. The van der Waals surface area contributed by atoms with Crippen LogP contribution in [0.25, 0.3) is 0 Å². The van der Waals surface area contributed by atoms with Crippen molar-refractivity contribution in [1.82, 2.24) is 4.90 Å². The number of aliphatic hydroxyl groups excluding tert-OH is 1. The molecule has 1 amide bonds. The summed E-state index contributed by atoms with van der Waals surface area (Å²) in [5.74, 6) is 0. The second-order valence-corrected chi connectivity index (χ2v) is 4.54. The van der Waals surface area contributed by atoms with Crippen LogP contribution < -0.4 is 0 Å². The molecule has 0 aliphatic carbocycles. The summed E-state index contributed by atoms with van der Waals surface area (Å²) >= 11 is 0. The Labute approximate surface area is 85.9 Å². The molecule has 0 saturated carbocycles. The molecule has 4 heteroatoms. The lowest BCUT2D eigenvalue weighted by Crippen LogP contribution is -2.35. The number of rotatable bonds is 3. The van der Waals surface area contributed by atoms with Crippen LogP contribution in [0.4, 0.5) is 4.79 Å². The third-order valence-corrected chi connectivity index (χ3v) is 1.59. The molecule has 1 N–H and O–H groups in total. The van der Waals surface area contributed by atoms with Crippen molar-refractivity contribution in [2.75, 3.05) is 13.6 Å². The van der Waals surface area contributed by atoms with E-state index in [0.717, 1.165) is 0 Å². The first-order valence-corrected chi connectivity index (χ1v) is 4.84. The van der Waals surface area contributed by atoms with Crippen molar-refractivity contribution >= 4 is 6.09 Å². The largest absolute Gasteiger partial charge is 0.444 e. The molecule has 0 bridgehead atoms. The first-order chi connectivity index (χ1) is 6.22. The van der Waals surface area contributed by atoms with E-state index in [4.69, 9.17) is 9.84 Å². The molecule has 0 radical (unpaired) electrons. The minimum absolute atomic E-state index is 0.349. The van der Waals surface area contributed by atoms with Gasteiger partial charge in [0.1, 0.15) is 5.60 Å². The van der Waals surface area contributed by atoms with Crippen molar-refractivity contribution < 1.29 is 14.6 Å². The summed E-state index contributed by atoms with van der Waals surface area (Å²) in [5, 5.41) is 9.04. The van der Waals surface area contributed by atoms with Crippen LogP contribution in [-0.4, -0.2) is 41.4 Å². The minimum atomic E-state index is -0.462. The molecule has 0 aromatic heterocycles. The predicted molar refractivity (Wildman–Crippen MR) is 55.2 cm³/mol. The van der Waals surface area contributed by atoms with Crippen LogP contribution in [0.1, 0.15) is 34.1 Å². The van der Waals surface area contributed by atoms with Gasteiger partial charge in [0.25, 0.3) is 0 Å². The molecule has 0 rings (SSSR count). The summed E-state index contributed by atoms with van der Waals surface area (Å²) < 4.78 is 5.14. The summed E-state index contributed by atoms with van der Waals surface area (Å²) in [6.07, 6.45) is -0.173. The van der Waals surface area contributed by atoms with Gasteiger partial charge in [-0.15, -0.1) is 0 Å². The highest BCUT2D eigenvalue weighted by Gasteiger charge is 2.19. The highest BCUT2D eigenvalue weighted by Crippen LogP contribution is 2.09. The average molecular weight is 203 g/mol. The van der Waals surface area contributed by atoms with Crippen LogP contribution in [0.3, 0.4) is 0 Å². The Kier molecular flexibility index (Phi) is 4.91. The standard InChI is InChI=1S/C10H21NO3/c1-8(12)6-7-11(5)9(13)14-10(2,3)4/h8,12H,6-7H2,1-5H3/t8-/m1/s1. The van der Waals surface area contributed by atoms with E-state index in [-0.39, 0.29) is 12.2 Å². The highest BCUT2D eigenvalue weighted by atomic mass is 16.6. The van der Waals surface area contributed by atoms with Gasteiger partial charge in [0.15, 0.2) is 0 Å². The molecule has 0 aliphatic rings. The zero-order chi connectivity index (χ0) is 11.4. The molecular formula is C10H21NO3. The smallest absolute Gasteiger partial charge is 0.410 e. The normalized spacial score (nSPS) is 13.6. The Bertz CT molecular complexity index is 184. The Morgan fingerprint density at radius 2 is 2.00 bits per heavy atom. The Morgan fingerprint density at radius 3 is 2.36 bits per heavy atom. The van der Waals surface area contributed by atoms with Crippen LogP contribution in [0, 0.1) is 0 Å². The third-order valence-electron chi connectivity index (χ3n) is 1.59. The van der Waals surface area contributed by atoms with Gasteiger partial charge in [-0.2, -0.15) is 0 Å². The van der Waals surface area contributed by atoms with Crippen LogP contribution in [-0.2, 0) is 4.74 Å². The van der Waals surface area contributed by atoms with Gasteiger partial charge < -0.3 is 14.7 Å². The van der Waals surface area contributed by atoms with Crippen LogP contribution in [0.15, 0.2) is 0 Å². The highest BCUT2D eigenvalue weighted by molar-refractivity contribution is 5.67. The van der Waals surface area contributed by atoms with Gasteiger partial charge in [0, 0.05) is 13.6 Å². The number of carbonyl (C=O) groups is 1. The molecule has 4 nitrogen and oxygen atoms in total. The van der Waals surface area contributed by atoms with Crippen molar-refractivity contribution in [3.8, 4) is 0 Å². The zero-order valence-electron chi connectivity index (χ0n) is 9.70. The molecule has 14 heavy (non-hydrogen) atoms. The molecule has 0 aliphatic heterocycles. The van der Waals surface area contributed by atoms with Gasteiger partial charge in [-0.05, 0) is 34.1 Å². The Morgan fingerprint density at radius 1 is 1.50 bits per heavy atom. The van der Waals surface area contributed by atoms with Crippen molar-refractivity contribution in [2.24, 2.45) is 0 Å². The maximum Gasteiger partial charge on any atom is 0.410 e. The van der Waals surface area contributed by atoms with Crippen molar-refractivity contribution in [1.29, 1.82) is 0 Å². The van der Waals surface area contributed by atoms with E-state index >= 15 is 0 Å². The van der Waals surface area contributed by atoms with Crippen molar-refractivity contribution in [2.45, 2.75) is 45.8 Å². The minimum Gasteiger partial charge on any atom is -0.444 e. The van der Waals surface area contributed by atoms with Crippen LogP contribution >= 0.6 is 0 Å². The number of amides is 1. The summed E-state index contributed by atoms with van der Waals surface area (Å²) in [5.41, 5.74) is -0.462. The molecular weight excluding hydrogens is 182 g/mol. The number of aliphatic hydroxyl groups is 1. The van der Waals surface area contributed by atoms with E-state index in [1.54, 1.807) is 14.0 Å². The maximum atomic E-state index is 11.4. The van der Waals surface area contributed by atoms with Gasteiger partial charge in [-0.25, -0.2) is 4.79 Å². The number of carbonyl (C=O) groups excluding carboxylic acids is 1. The molecule has 0 fully saturated rings. The van der Waals surface area contributed by atoms with E-state index in [1.807, 2.05) is 20.8 Å². The molecule has 0 heterocycles. The number of nitrogens with zero attached hydrogens (tertiary/aromatic N) is 1. The fourth-order valence-corrected chi connectivity index (χ4v) is 0.812. The van der Waals surface area contributed by atoms with Crippen LogP contribution in [0.2, 0.25) is 0 Å². The topological polar surface area (TPSA) is 49.8 Å². The van der Waals surface area contributed by atoms with E-state index < -0.39 is 5.60 Å². The van der Waals surface area contributed by atoms with Gasteiger partial charge in [-0.1, -0.05) is 0 Å². The lowest BCUT2D eigenvalue weighted by Gasteiger charge is -2.24. The third kappa shape index (κ3) is 6.71. The summed E-state index contributed by atoms with van der Waals surface area (Å²) in [6, 6.07) is 0. The summed E-state index contributed by atoms with van der Waals surface area (Å²) in [6.45, 7) is 7.68. The lowest BCUT2D eigenvalue weighted by atomic mass is 10.2. The van der Waals surface area contributed by atoms with Gasteiger partial charge >= 0.3 is 6.09 Å². The molecule has 0 aromatic carbocycles. The van der Waals surface area contributed by atoms with E-state index in [1.165, 1.54) is 4.90 Å². The maximum absolute atomic E-state index is 11.4. The average Bonchev–Trinajstić information content (AvgIpc) is 1.96. The second kappa shape index (κ2) is 5.20. The number of hydrogen-bond donors (Lipinski definition) is 1. The second-order valence-electron chi connectivity index (χ2n) is 4.54. The lowest BCUT2D eigenvalue weighted by molar-refractivity contribution is 0.0278. The monoisotopic (exact) mass is 203 g/mol. The van der Waals surface area contributed by atoms with Crippen molar-refractivity contribution in [3.05, 3.63) is 0 Å². The van der Waals surface area contributed by atoms with E-state index in [9.17, 15) is 4.79 Å². The van der Waals surface area contributed by atoms with E-state index in [2.05, 4.69) is 0 Å². The zero-order valence-corrected chi connectivity index (χ0v) is 9.70. The van der Waals surface area contributed by atoms with Crippen molar-refractivity contribution in [3.63, 3.8) is 0 Å². The molecule has 1 atom stereocenters. The Balaban J connectivity index is 3.88. The molecule has 0 unspecified atom stereocenters. The summed E-state index contributed by atoms with van der Waals surface area (Å²) in [4.78, 5) is 12.9. The fourth-order valence-electron chi connectivity index (χ4n) is 0.812.